The third kappa shape index (κ3) is 7.41. The molecule has 0 bridgehead atoms. The van der Waals surface area contributed by atoms with Gasteiger partial charge in [0.1, 0.15) is 0 Å². The van der Waals surface area contributed by atoms with Crippen molar-refractivity contribution in [1.29, 1.82) is 0 Å². The van der Waals surface area contributed by atoms with Crippen LogP contribution in [0.1, 0.15) is 48.4 Å². The van der Waals surface area contributed by atoms with Crippen LogP contribution < -0.4 is 4.72 Å². The van der Waals surface area contributed by atoms with Gasteiger partial charge in [-0.15, -0.1) is 0 Å². The van der Waals surface area contributed by atoms with Crippen LogP contribution in [0.15, 0.2) is 42.7 Å². The average Bonchev–Trinajstić information content (AvgIpc) is 3.29. The van der Waals surface area contributed by atoms with E-state index in [-0.39, 0.29) is 5.97 Å². The molecule has 1 aromatic heterocycles. The van der Waals surface area contributed by atoms with Crippen LogP contribution in [0.2, 0.25) is 0 Å². The van der Waals surface area contributed by atoms with Crippen LogP contribution >= 0.6 is 0 Å². The zero-order valence-electron chi connectivity index (χ0n) is 18.0. The largest absolute Gasteiger partial charge is 0.466 e. The van der Waals surface area contributed by atoms with Gasteiger partial charge in [-0.1, -0.05) is 18.2 Å². The summed E-state index contributed by atoms with van der Waals surface area (Å²) in [5, 5.41) is 0. The maximum absolute atomic E-state index is 12.4. The van der Waals surface area contributed by atoms with E-state index in [1.165, 1.54) is 4.31 Å². The highest BCUT2D eigenvalue weighted by atomic mass is 32.2. The Balaban J connectivity index is 1.68. The lowest BCUT2D eigenvalue weighted by molar-refractivity contribution is -0.143. The highest BCUT2D eigenvalue weighted by Crippen LogP contribution is 2.17. The van der Waals surface area contributed by atoms with Crippen molar-refractivity contribution in [2.24, 2.45) is 0 Å². The molecule has 1 fully saturated rings. The molecule has 2 aromatic rings. The molecule has 0 saturated carbocycles. The molecule has 1 N–H and O–H groups in total. The second-order valence-electron chi connectivity index (χ2n) is 7.75. The summed E-state index contributed by atoms with van der Waals surface area (Å²) in [5.74, 6) is -0.207. The van der Waals surface area contributed by atoms with Crippen LogP contribution in [0.3, 0.4) is 0 Å². The molecule has 8 heteroatoms. The number of benzene rings is 1. The quantitative estimate of drug-likeness (QED) is 0.537. The molecule has 7 nitrogen and oxygen atoms in total. The lowest BCUT2D eigenvalue weighted by atomic mass is 9.97. The second-order valence-corrected chi connectivity index (χ2v) is 9.51. The van der Waals surface area contributed by atoms with Gasteiger partial charge in [0.05, 0.1) is 6.61 Å². The Morgan fingerprint density at radius 1 is 1.03 bits per heavy atom. The number of carbonyl (C=O) groups excluding carboxylic acids is 1. The topological polar surface area (TPSA) is 88.6 Å². The van der Waals surface area contributed by atoms with E-state index < -0.39 is 10.2 Å². The number of pyridine rings is 1. The third-order valence-electron chi connectivity index (χ3n) is 5.30. The second kappa shape index (κ2) is 11.4. The molecule has 0 aliphatic carbocycles. The predicted molar refractivity (Wildman–Crippen MR) is 120 cm³/mol. The Bertz CT molecular complexity index is 958. The summed E-state index contributed by atoms with van der Waals surface area (Å²) in [4.78, 5) is 15.8. The fourth-order valence-electron chi connectivity index (χ4n) is 3.79. The summed E-state index contributed by atoms with van der Waals surface area (Å²) >= 11 is 0. The Morgan fingerprint density at radius 3 is 2.35 bits per heavy atom. The lowest BCUT2D eigenvalue weighted by Gasteiger charge is -2.16. The summed E-state index contributed by atoms with van der Waals surface area (Å²) in [6.45, 7) is 3.70. The fraction of sp³-hybridized carbons (Fsp3) is 0.478. The number of ether oxygens (including phenoxy) is 1. The van der Waals surface area contributed by atoms with Crippen LogP contribution in [0.25, 0.3) is 0 Å². The number of hydrogen-bond acceptors (Lipinski definition) is 5. The highest BCUT2D eigenvalue weighted by molar-refractivity contribution is 7.87. The molecule has 0 atom stereocenters. The van der Waals surface area contributed by atoms with E-state index >= 15 is 0 Å². The van der Waals surface area contributed by atoms with E-state index in [0.29, 0.717) is 45.5 Å². The third-order valence-corrected chi connectivity index (χ3v) is 6.91. The summed E-state index contributed by atoms with van der Waals surface area (Å²) in [7, 11) is -3.41. The molecule has 1 aliphatic rings. The first-order chi connectivity index (χ1) is 15.0. The normalized spacial score (nSPS) is 14.6. The molecular weight excluding hydrogens is 414 g/mol. The molecule has 168 valence electrons. The number of hydrogen-bond donors (Lipinski definition) is 1. The Hall–Kier alpha value is -2.29. The van der Waals surface area contributed by atoms with E-state index in [4.69, 9.17) is 4.74 Å². The van der Waals surface area contributed by atoms with Crippen molar-refractivity contribution in [3.05, 3.63) is 65.0 Å². The van der Waals surface area contributed by atoms with Gasteiger partial charge in [-0.25, -0.2) is 4.72 Å². The summed E-state index contributed by atoms with van der Waals surface area (Å²) in [6, 6.07) is 10.2. The minimum Gasteiger partial charge on any atom is -0.466 e. The monoisotopic (exact) mass is 445 g/mol. The van der Waals surface area contributed by atoms with Gasteiger partial charge in [0.15, 0.2) is 0 Å². The van der Waals surface area contributed by atoms with E-state index in [2.05, 4.69) is 27.9 Å². The van der Waals surface area contributed by atoms with Gasteiger partial charge in [0.2, 0.25) is 0 Å². The lowest BCUT2D eigenvalue weighted by Crippen LogP contribution is -2.39. The summed E-state index contributed by atoms with van der Waals surface area (Å²) < 4.78 is 34.1. The van der Waals surface area contributed by atoms with Crippen molar-refractivity contribution >= 4 is 16.2 Å². The standard InChI is InChI=1S/C23H31N3O4S/c1-2-30-23(27)6-5-20-16-21(9-12-25-31(28,29)26-13-3-4-14-26)18-22(17-20)15-19-7-10-24-11-8-19/h7-8,10-11,16-18,25H,2-6,9,12-15H2,1H3. The van der Waals surface area contributed by atoms with Crippen LogP contribution in [-0.4, -0.2) is 49.9 Å². The highest BCUT2D eigenvalue weighted by Gasteiger charge is 2.24. The molecule has 2 heterocycles. The molecule has 0 radical (unpaired) electrons. The van der Waals surface area contributed by atoms with Gasteiger partial charge < -0.3 is 4.74 Å². The van der Waals surface area contributed by atoms with Gasteiger partial charge in [-0.05, 0) is 73.4 Å². The number of esters is 1. The number of nitrogens with one attached hydrogen (secondary N) is 1. The minimum atomic E-state index is -3.41. The minimum absolute atomic E-state index is 0.207. The molecule has 3 rings (SSSR count). The van der Waals surface area contributed by atoms with Crippen molar-refractivity contribution in [1.82, 2.24) is 14.0 Å². The summed E-state index contributed by atoms with van der Waals surface area (Å²) in [5.41, 5.74) is 4.38. The molecule has 31 heavy (non-hydrogen) atoms. The van der Waals surface area contributed by atoms with Gasteiger partial charge in [0, 0.05) is 38.4 Å². The first-order valence-electron chi connectivity index (χ1n) is 10.9. The van der Waals surface area contributed by atoms with Crippen molar-refractivity contribution in [2.45, 2.75) is 45.4 Å². The first-order valence-corrected chi connectivity index (χ1v) is 12.3. The van der Waals surface area contributed by atoms with Crippen molar-refractivity contribution in [3.63, 3.8) is 0 Å². The van der Waals surface area contributed by atoms with Crippen LogP contribution in [-0.2, 0) is 39.0 Å². The van der Waals surface area contributed by atoms with E-state index in [9.17, 15) is 13.2 Å². The molecule has 1 saturated heterocycles. The zero-order chi connectivity index (χ0) is 22.1. The number of rotatable bonds is 11. The first kappa shape index (κ1) is 23.4. The number of carbonyl (C=O) groups is 1. The average molecular weight is 446 g/mol. The molecule has 1 aliphatic heterocycles. The maximum atomic E-state index is 12.4. The van der Waals surface area contributed by atoms with E-state index in [1.807, 2.05) is 12.1 Å². The van der Waals surface area contributed by atoms with Crippen LogP contribution in [0.5, 0.6) is 0 Å². The predicted octanol–water partition coefficient (Wildman–Crippen LogP) is 2.64. The Labute approximate surface area is 185 Å². The molecule has 1 aromatic carbocycles. The number of aryl methyl sites for hydroxylation is 1. The fourth-order valence-corrected chi connectivity index (χ4v) is 5.07. The zero-order valence-corrected chi connectivity index (χ0v) is 18.9. The maximum Gasteiger partial charge on any atom is 0.306 e. The molecule has 0 spiro atoms. The van der Waals surface area contributed by atoms with Crippen LogP contribution in [0, 0.1) is 0 Å². The van der Waals surface area contributed by atoms with E-state index in [1.54, 1.807) is 19.3 Å². The van der Waals surface area contributed by atoms with Crippen molar-refractivity contribution in [2.75, 3.05) is 26.2 Å². The van der Waals surface area contributed by atoms with Gasteiger partial charge in [-0.3, -0.25) is 9.78 Å². The van der Waals surface area contributed by atoms with Crippen molar-refractivity contribution in [3.8, 4) is 0 Å². The van der Waals surface area contributed by atoms with E-state index in [0.717, 1.165) is 41.5 Å². The Morgan fingerprint density at radius 2 is 1.68 bits per heavy atom. The number of nitrogens with zero attached hydrogens (tertiary/aromatic N) is 2. The van der Waals surface area contributed by atoms with Crippen molar-refractivity contribution < 1.29 is 17.9 Å². The molecular formula is C23H31N3O4S. The number of aromatic nitrogens is 1. The van der Waals surface area contributed by atoms with Gasteiger partial charge in [-0.2, -0.15) is 12.7 Å². The molecule has 0 unspecified atom stereocenters. The SMILES string of the molecule is CCOC(=O)CCc1cc(CCNS(=O)(=O)N2CCCC2)cc(Cc2ccncc2)c1. The Kier molecular flexibility index (Phi) is 8.57. The molecule has 0 amide bonds. The van der Waals surface area contributed by atoms with Gasteiger partial charge in [0.25, 0.3) is 10.2 Å². The van der Waals surface area contributed by atoms with Crippen LogP contribution in [0.4, 0.5) is 0 Å². The van der Waals surface area contributed by atoms with Gasteiger partial charge >= 0.3 is 5.97 Å². The summed E-state index contributed by atoms with van der Waals surface area (Å²) in [6.07, 6.45) is 7.64. The smallest absolute Gasteiger partial charge is 0.306 e.